The minimum Gasteiger partial charge on any atom is -0.463 e. The van der Waals surface area contributed by atoms with Crippen LogP contribution < -0.4 is 19.9 Å². The average molecular weight is 449 g/mol. The largest absolute Gasteiger partial charge is 0.463 e. The van der Waals surface area contributed by atoms with E-state index in [9.17, 15) is 4.79 Å². The molecule has 0 aliphatic carbocycles. The van der Waals surface area contributed by atoms with Gasteiger partial charge in [-0.15, -0.1) is 0 Å². The molecule has 0 radical (unpaired) electrons. The van der Waals surface area contributed by atoms with Crippen LogP contribution in [0.5, 0.6) is 6.01 Å². The standard InChI is InChI=1S/C24H28N6O3/c1-18-6-5-8-20(16-18)29(2)24(31)27-21-17-22(30-11-14-32-15-12-30)28-23(26-21)33-13-9-19-7-3-4-10-25-19/h3-8,10,16-17H,9,11-15H2,1-2H3,(H,26,27,28,31). The highest BCUT2D eigenvalue weighted by Gasteiger charge is 2.18. The van der Waals surface area contributed by atoms with E-state index in [4.69, 9.17) is 9.47 Å². The van der Waals surface area contributed by atoms with Crippen LogP contribution in [0.25, 0.3) is 0 Å². The van der Waals surface area contributed by atoms with Crippen LogP contribution in [0.15, 0.2) is 54.7 Å². The van der Waals surface area contributed by atoms with Gasteiger partial charge < -0.3 is 14.4 Å². The minimum atomic E-state index is -0.299. The van der Waals surface area contributed by atoms with E-state index in [1.807, 2.05) is 49.4 Å². The van der Waals surface area contributed by atoms with Crippen molar-refractivity contribution in [3.05, 3.63) is 66.0 Å². The molecular formula is C24H28N6O3. The van der Waals surface area contributed by atoms with E-state index in [0.717, 1.165) is 16.9 Å². The van der Waals surface area contributed by atoms with Crippen LogP contribution in [-0.4, -0.2) is 60.9 Å². The number of rotatable bonds is 7. The smallest absolute Gasteiger partial charge is 0.327 e. The van der Waals surface area contributed by atoms with E-state index >= 15 is 0 Å². The number of nitrogens with zero attached hydrogens (tertiary/aromatic N) is 5. The van der Waals surface area contributed by atoms with Gasteiger partial charge in [-0.1, -0.05) is 18.2 Å². The summed E-state index contributed by atoms with van der Waals surface area (Å²) in [6.07, 6.45) is 2.38. The number of ether oxygens (including phenoxy) is 2. The summed E-state index contributed by atoms with van der Waals surface area (Å²) in [5, 5.41) is 2.87. The fourth-order valence-corrected chi connectivity index (χ4v) is 3.44. The first-order valence-corrected chi connectivity index (χ1v) is 10.9. The number of carbonyl (C=O) groups excluding carboxylic acids is 1. The summed E-state index contributed by atoms with van der Waals surface area (Å²) in [6.45, 7) is 5.03. The van der Waals surface area contributed by atoms with Crippen molar-refractivity contribution >= 4 is 23.4 Å². The molecule has 33 heavy (non-hydrogen) atoms. The summed E-state index contributed by atoms with van der Waals surface area (Å²) < 4.78 is 11.3. The molecule has 0 unspecified atom stereocenters. The molecule has 172 valence electrons. The van der Waals surface area contributed by atoms with Crippen LogP contribution in [0, 0.1) is 6.92 Å². The molecule has 1 N–H and O–H groups in total. The van der Waals surface area contributed by atoms with E-state index in [0.29, 0.717) is 51.0 Å². The first-order chi connectivity index (χ1) is 16.1. The van der Waals surface area contributed by atoms with Gasteiger partial charge in [0, 0.05) is 50.2 Å². The predicted molar refractivity (Wildman–Crippen MR) is 127 cm³/mol. The Morgan fingerprint density at radius 1 is 1.15 bits per heavy atom. The Bertz CT molecular complexity index is 1070. The molecule has 0 atom stereocenters. The highest BCUT2D eigenvalue weighted by Crippen LogP contribution is 2.22. The zero-order chi connectivity index (χ0) is 23.0. The maximum absolute atomic E-state index is 12.9. The van der Waals surface area contributed by atoms with Crippen molar-refractivity contribution in [2.45, 2.75) is 13.3 Å². The number of anilines is 3. The Balaban J connectivity index is 1.50. The molecule has 2 aromatic heterocycles. The van der Waals surface area contributed by atoms with Gasteiger partial charge in [0.1, 0.15) is 11.6 Å². The Hall–Kier alpha value is -3.72. The minimum absolute atomic E-state index is 0.212. The maximum Gasteiger partial charge on any atom is 0.327 e. The molecule has 9 nitrogen and oxygen atoms in total. The lowest BCUT2D eigenvalue weighted by Crippen LogP contribution is -2.37. The molecule has 0 bridgehead atoms. The molecule has 1 aliphatic heterocycles. The van der Waals surface area contributed by atoms with Crippen molar-refractivity contribution in [2.75, 3.05) is 55.1 Å². The fourth-order valence-electron chi connectivity index (χ4n) is 3.44. The normalized spacial score (nSPS) is 13.5. The average Bonchev–Trinajstić information content (AvgIpc) is 2.84. The summed E-state index contributed by atoms with van der Waals surface area (Å²) in [5.74, 6) is 1.07. The highest BCUT2D eigenvalue weighted by molar-refractivity contribution is 6.01. The molecule has 3 aromatic rings. The van der Waals surface area contributed by atoms with Crippen LogP contribution in [0.2, 0.25) is 0 Å². The fraction of sp³-hybridized carbons (Fsp3) is 0.333. The summed E-state index contributed by atoms with van der Waals surface area (Å²) >= 11 is 0. The molecule has 3 heterocycles. The van der Waals surface area contributed by atoms with Gasteiger partial charge in [-0.2, -0.15) is 9.97 Å². The van der Waals surface area contributed by atoms with Crippen molar-refractivity contribution in [2.24, 2.45) is 0 Å². The number of aryl methyl sites for hydroxylation is 1. The Kier molecular flexibility index (Phi) is 7.31. The zero-order valence-corrected chi connectivity index (χ0v) is 18.9. The van der Waals surface area contributed by atoms with Crippen molar-refractivity contribution in [3.63, 3.8) is 0 Å². The molecule has 1 saturated heterocycles. The lowest BCUT2D eigenvalue weighted by atomic mass is 10.2. The molecule has 0 saturated carbocycles. The Labute approximate surface area is 193 Å². The van der Waals surface area contributed by atoms with E-state index in [1.165, 1.54) is 0 Å². The summed E-state index contributed by atoms with van der Waals surface area (Å²) in [7, 11) is 1.72. The van der Waals surface area contributed by atoms with Crippen molar-refractivity contribution in [3.8, 4) is 6.01 Å². The number of carbonyl (C=O) groups is 1. The molecule has 0 spiro atoms. The van der Waals surface area contributed by atoms with E-state index < -0.39 is 0 Å². The lowest BCUT2D eigenvalue weighted by molar-refractivity contribution is 0.122. The Morgan fingerprint density at radius 3 is 2.76 bits per heavy atom. The second-order valence-electron chi connectivity index (χ2n) is 7.74. The quantitative estimate of drug-likeness (QED) is 0.593. The van der Waals surface area contributed by atoms with Gasteiger partial charge in [0.25, 0.3) is 0 Å². The van der Waals surface area contributed by atoms with Crippen LogP contribution in [0.4, 0.5) is 22.1 Å². The van der Waals surface area contributed by atoms with Gasteiger partial charge in [0.2, 0.25) is 0 Å². The molecule has 4 rings (SSSR count). The molecular weight excluding hydrogens is 420 g/mol. The van der Waals surface area contributed by atoms with Gasteiger partial charge in [0.05, 0.1) is 19.8 Å². The van der Waals surface area contributed by atoms with Crippen LogP contribution in [0.3, 0.4) is 0 Å². The highest BCUT2D eigenvalue weighted by atomic mass is 16.5. The number of pyridine rings is 1. The van der Waals surface area contributed by atoms with Gasteiger partial charge in [0.15, 0.2) is 0 Å². The summed E-state index contributed by atoms with van der Waals surface area (Å²) in [5.41, 5.74) is 2.80. The predicted octanol–water partition coefficient (Wildman–Crippen LogP) is 3.31. The van der Waals surface area contributed by atoms with E-state index in [1.54, 1.807) is 24.2 Å². The van der Waals surface area contributed by atoms with Crippen LogP contribution in [-0.2, 0) is 11.2 Å². The number of urea groups is 1. The number of hydrogen-bond acceptors (Lipinski definition) is 7. The molecule has 1 aliphatic rings. The molecule has 2 amide bonds. The molecule has 1 fully saturated rings. The first-order valence-electron chi connectivity index (χ1n) is 10.9. The van der Waals surface area contributed by atoms with Gasteiger partial charge in [-0.25, -0.2) is 4.79 Å². The SMILES string of the molecule is Cc1cccc(N(C)C(=O)Nc2cc(N3CCOCC3)nc(OCCc3ccccn3)n2)c1. The summed E-state index contributed by atoms with van der Waals surface area (Å²) in [6, 6.07) is 15.2. The van der Waals surface area contributed by atoms with Crippen molar-refractivity contribution < 1.29 is 14.3 Å². The Morgan fingerprint density at radius 2 is 2.00 bits per heavy atom. The number of benzene rings is 1. The second-order valence-corrected chi connectivity index (χ2v) is 7.74. The number of amides is 2. The number of hydrogen-bond donors (Lipinski definition) is 1. The van der Waals surface area contributed by atoms with Crippen LogP contribution in [0.1, 0.15) is 11.3 Å². The number of morpholine rings is 1. The number of nitrogens with one attached hydrogen (secondary N) is 1. The third-order valence-corrected chi connectivity index (χ3v) is 5.27. The van der Waals surface area contributed by atoms with Gasteiger partial charge in [-0.3, -0.25) is 15.2 Å². The van der Waals surface area contributed by atoms with Gasteiger partial charge >= 0.3 is 12.0 Å². The third-order valence-electron chi connectivity index (χ3n) is 5.27. The molecule has 9 heteroatoms. The number of aromatic nitrogens is 3. The topological polar surface area (TPSA) is 92.7 Å². The zero-order valence-electron chi connectivity index (χ0n) is 18.9. The lowest BCUT2D eigenvalue weighted by Gasteiger charge is -2.28. The monoisotopic (exact) mass is 448 g/mol. The van der Waals surface area contributed by atoms with Crippen molar-refractivity contribution in [1.29, 1.82) is 0 Å². The van der Waals surface area contributed by atoms with Crippen molar-refractivity contribution in [1.82, 2.24) is 15.0 Å². The maximum atomic E-state index is 12.9. The summed E-state index contributed by atoms with van der Waals surface area (Å²) in [4.78, 5) is 29.8. The van der Waals surface area contributed by atoms with E-state index in [2.05, 4.69) is 25.2 Å². The van der Waals surface area contributed by atoms with Gasteiger partial charge in [-0.05, 0) is 36.8 Å². The van der Waals surface area contributed by atoms with E-state index in [-0.39, 0.29) is 12.0 Å². The second kappa shape index (κ2) is 10.7. The molecule has 1 aromatic carbocycles. The first kappa shape index (κ1) is 22.5. The van der Waals surface area contributed by atoms with Crippen LogP contribution >= 0.6 is 0 Å². The third kappa shape index (κ3) is 6.17.